The van der Waals surface area contributed by atoms with E-state index in [1.54, 1.807) is 6.07 Å². The number of halogens is 1. The highest BCUT2D eigenvalue weighted by molar-refractivity contribution is 5.35. The molecule has 1 unspecified atom stereocenters. The quantitative estimate of drug-likeness (QED) is 0.525. The van der Waals surface area contributed by atoms with Gasteiger partial charge in [-0.2, -0.15) is 0 Å². The molecule has 1 heterocycles. The Labute approximate surface area is 138 Å². The monoisotopic (exact) mass is 327 g/mol. The zero-order valence-electron chi connectivity index (χ0n) is 12.9. The molecule has 6 heteroatoms. The minimum atomic E-state index is -1.61. The van der Waals surface area contributed by atoms with Crippen LogP contribution in [0.5, 0.6) is 0 Å². The lowest BCUT2D eigenvalue weighted by molar-refractivity contribution is -0.0454. The zero-order valence-corrected chi connectivity index (χ0v) is 12.9. The molecule has 0 saturated carbocycles. The van der Waals surface area contributed by atoms with Crippen LogP contribution < -0.4 is 5.32 Å². The summed E-state index contributed by atoms with van der Waals surface area (Å²) in [5.41, 5.74) is 2.07. The lowest BCUT2D eigenvalue weighted by atomic mass is 9.99. The number of hydrogen-bond donors (Lipinski definition) is 4. The van der Waals surface area contributed by atoms with Crippen LogP contribution in [-0.2, 0) is 6.42 Å². The molecule has 0 saturated heterocycles. The normalized spacial score (nSPS) is 12.3. The molecule has 24 heavy (non-hydrogen) atoms. The molecule has 0 radical (unpaired) electrons. The van der Waals surface area contributed by atoms with Crippen molar-refractivity contribution in [2.45, 2.75) is 18.8 Å². The van der Waals surface area contributed by atoms with E-state index in [2.05, 4.69) is 15.3 Å². The van der Waals surface area contributed by atoms with Crippen LogP contribution in [0, 0.1) is 5.82 Å². The summed E-state index contributed by atoms with van der Waals surface area (Å²) in [4.78, 5) is 6.91. The second kappa shape index (κ2) is 7.25. The Balaban J connectivity index is 1.84. The van der Waals surface area contributed by atoms with Gasteiger partial charge < -0.3 is 20.5 Å². The topological polar surface area (TPSA) is 81.2 Å². The Morgan fingerprint density at radius 2 is 1.88 bits per heavy atom. The Morgan fingerprint density at radius 3 is 2.54 bits per heavy atom. The number of benzene rings is 2. The molecule has 0 bridgehead atoms. The summed E-state index contributed by atoms with van der Waals surface area (Å²) in [6.07, 6.45) is 0.308. The lowest BCUT2D eigenvalue weighted by Crippen LogP contribution is -2.15. The van der Waals surface area contributed by atoms with Crippen LogP contribution in [0.15, 0.2) is 60.8 Å². The van der Waals surface area contributed by atoms with Crippen LogP contribution in [0.2, 0.25) is 0 Å². The Bertz CT molecular complexity index is 790. The molecule has 1 aromatic heterocycles. The van der Waals surface area contributed by atoms with Gasteiger partial charge in [0.1, 0.15) is 5.82 Å². The molecule has 1 atom stereocenters. The highest BCUT2D eigenvalue weighted by Gasteiger charge is 2.15. The van der Waals surface area contributed by atoms with Gasteiger partial charge in [-0.1, -0.05) is 42.5 Å². The minimum Gasteiger partial charge on any atom is -0.363 e. The van der Waals surface area contributed by atoms with Crippen molar-refractivity contribution >= 4 is 5.95 Å². The second-order valence-electron chi connectivity index (χ2n) is 5.50. The summed E-state index contributed by atoms with van der Waals surface area (Å²) in [6.45, 7) is 0. The van der Waals surface area contributed by atoms with E-state index in [1.807, 2.05) is 36.4 Å². The van der Waals surface area contributed by atoms with E-state index in [4.69, 9.17) is 10.2 Å². The van der Waals surface area contributed by atoms with Crippen molar-refractivity contribution in [3.05, 3.63) is 83.4 Å². The number of nitrogens with one attached hydrogen (secondary N) is 2. The van der Waals surface area contributed by atoms with Crippen LogP contribution in [-0.4, -0.2) is 20.2 Å². The van der Waals surface area contributed by atoms with Gasteiger partial charge in [0.15, 0.2) is 6.29 Å². The third kappa shape index (κ3) is 3.98. The first-order chi connectivity index (χ1) is 11.6. The fourth-order valence-electron chi connectivity index (χ4n) is 2.54. The first-order valence-electron chi connectivity index (χ1n) is 7.59. The average molecular weight is 327 g/mol. The summed E-state index contributed by atoms with van der Waals surface area (Å²) in [7, 11) is 0. The molecule has 0 spiro atoms. The fraction of sp³-hybridized carbons (Fsp3) is 0.167. The van der Waals surface area contributed by atoms with Gasteiger partial charge in [0.05, 0.1) is 17.9 Å². The predicted octanol–water partition coefficient (Wildman–Crippen LogP) is 2.93. The van der Waals surface area contributed by atoms with E-state index < -0.39 is 6.29 Å². The molecular formula is C18H18FN3O2. The minimum absolute atomic E-state index is 0.150. The average Bonchev–Trinajstić information content (AvgIpc) is 3.04. The number of imidazole rings is 1. The third-order valence-corrected chi connectivity index (χ3v) is 3.72. The van der Waals surface area contributed by atoms with Crippen molar-refractivity contribution in [2.75, 3.05) is 5.32 Å². The maximum atomic E-state index is 13.4. The zero-order chi connectivity index (χ0) is 16.9. The molecule has 124 valence electrons. The highest BCUT2D eigenvalue weighted by atomic mass is 19.1. The van der Waals surface area contributed by atoms with E-state index in [0.29, 0.717) is 12.4 Å². The van der Waals surface area contributed by atoms with Gasteiger partial charge in [-0.05, 0) is 29.7 Å². The molecule has 2 aromatic carbocycles. The van der Waals surface area contributed by atoms with Crippen molar-refractivity contribution in [1.82, 2.24) is 9.97 Å². The summed E-state index contributed by atoms with van der Waals surface area (Å²) < 4.78 is 13.4. The second-order valence-corrected chi connectivity index (χ2v) is 5.50. The summed E-state index contributed by atoms with van der Waals surface area (Å²) in [5.74, 6) is 0.145. The van der Waals surface area contributed by atoms with Crippen LogP contribution >= 0.6 is 0 Å². The molecule has 3 rings (SSSR count). The Morgan fingerprint density at radius 1 is 1.08 bits per heavy atom. The summed E-state index contributed by atoms with van der Waals surface area (Å²) in [6, 6.07) is 16.0. The predicted molar refractivity (Wildman–Crippen MR) is 88.7 cm³/mol. The largest absolute Gasteiger partial charge is 0.363 e. The summed E-state index contributed by atoms with van der Waals surface area (Å²) >= 11 is 0. The SMILES string of the molecule is OC(O)c1cnc(NC(Cc2cccc(F)c2)c2ccccc2)[nH]1. The van der Waals surface area contributed by atoms with E-state index in [9.17, 15) is 4.39 Å². The standard InChI is InChI=1S/C18H18FN3O2/c19-14-8-4-5-12(9-14)10-15(13-6-2-1-3-7-13)21-18-20-11-16(22-18)17(23)24/h1-9,11,15,17,23-24H,10H2,(H2,20,21,22). The summed E-state index contributed by atoms with van der Waals surface area (Å²) in [5, 5.41) is 21.6. The van der Waals surface area contributed by atoms with Gasteiger partial charge in [0, 0.05) is 0 Å². The van der Waals surface area contributed by atoms with Gasteiger partial charge in [0.2, 0.25) is 5.95 Å². The van der Waals surface area contributed by atoms with Gasteiger partial charge in [0.25, 0.3) is 0 Å². The van der Waals surface area contributed by atoms with Crippen LogP contribution in [0.1, 0.15) is 29.2 Å². The molecular weight excluding hydrogens is 309 g/mol. The van der Waals surface area contributed by atoms with Crippen molar-refractivity contribution in [3.63, 3.8) is 0 Å². The number of aliphatic hydroxyl groups excluding tert-OH is 1. The number of H-pyrrole nitrogens is 1. The third-order valence-electron chi connectivity index (χ3n) is 3.72. The van der Waals surface area contributed by atoms with E-state index in [1.165, 1.54) is 18.3 Å². The Kier molecular flexibility index (Phi) is 4.88. The molecule has 0 aliphatic heterocycles. The number of nitrogens with zero attached hydrogens (tertiary/aromatic N) is 1. The molecule has 3 aromatic rings. The number of aromatic amines is 1. The fourth-order valence-corrected chi connectivity index (χ4v) is 2.54. The van der Waals surface area contributed by atoms with Gasteiger partial charge in [-0.25, -0.2) is 9.37 Å². The van der Waals surface area contributed by atoms with E-state index >= 15 is 0 Å². The molecule has 5 nitrogen and oxygen atoms in total. The first-order valence-corrected chi connectivity index (χ1v) is 7.59. The maximum absolute atomic E-state index is 13.4. The van der Waals surface area contributed by atoms with E-state index in [0.717, 1.165) is 11.1 Å². The number of hydrogen-bond acceptors (Lipinski definition) is 4. The molecule has 0 amide bonds. The smallest absolute Gasteiger partial charge is 0.200 e. The molecule has 0 fully saturated rings. The molecule has 4 N–H and O–H groups in total. The van der Waals surface area contributed by atoms with Gasteiger partial charge in [-0.3, -0.25) is 0 Å². The van der Waals surface area contributed by atoms with Gasteiger partial charge in [-0.15, -0.1) is 0 Å². The van der Waals surface area contributed by atoms with Crippen molar-refractivity contribution in [1.29, 1.82) is 0 Å². The van der Waals surface area contributed by atoms with Crippen LogP contribution in [0.25, 0.3) is 0 Å². The van der Waals surface area contributed by atoms with Crippen LogP contribution in [0.4, 0.5) is 10.3 Å². The first kappa shape index (κ1) is 16.2. The van der Waals surface area contributed by atoms with Gasteiger partial charge >= 0.3 is 0 Å². The van der Waals surface area contributed by atoms with Crippen molar-refractivity contribution in [2.24, 2.45) is 0 Å². The van der Waals surface area contributed by atoms with Crippen molar-refractivity contribution < 1.29 is 14.6 Å². The van der Waals surface area contributed by atoms with E-state index in [-0.39, 0.29) is 17.6 Å². The number of aliphatic hydroxyl groups is 2. The highest BCUT2D eigenvalue weighted by Crippen LogP contribution is 2.23. The van der Waals surface area contributed by atoms with Crippen LogP contribution in [0.3, 0.4) is 0 Å². The number of anilines is 1. The lowest BCUT2D eigenvalue weighted by Gasteiger charge is -2.19. The molecule has 0 aliphatic rings. The Hall–Kier alpha value is -2.70. The molecule has 0 aliphatic carbocycles. The van der Waals surface area contributed by atoms with Crippen molar-refractivity contribution in [3.8, 4) is 0 Å². The number of aromatic nitrogens is 2. The number of rotatable bonds is 6. The maximum Gasteiger partial charge on any atom is 0.200 e.